The van der Waals surface area contributed by atoms with Crippen LogP contribution in [0.15, 0.2) is 47.4 Å². The van der Waals surface area contributed by atoms with Crippen molar-refractivity contribution in [1.82, 2.24) is 0 Å². The second-order valence-corrected chi connectivity index (χ2v) is 7.53. The topological polar surface area (TPSA) is 125 Å². The van der Waals surface area contributed by atoms with E-state index in [1.54, 1.807) is 0 Å². The highest BCUT2D eigenvalue weighted by atomic mass is 35.5. The van der Waals surface area contributed by atoms with Crippen LogP contribution in [0.25, 0.3) is 0 Å². The molecule has 1 amide bonds. The largest absolute Gasteiger partial charge is 0.480 e. The molecular formula is C17H16ClFN2O6S. The highest BCUT2D eigenvalue weighted by Gasteiger charge is 2.19. The Balaban J connectivity index is 1.90. The minimum atomic E-state index is -3.93. The number of rotatable bonds is 7. The number of esters is 1. The lowest BCUT2D eigenvalue weighted by Gasteiger charge is -2.14. The van der Waals surface area contributed by atoms with Gasteiger partial charge in [-0.3, -0.25) is 4.79 Å². The number of carbonyl (C=O) groups excluding carboxylic acids is 2. The zero-order valence-corrected chi connectivity index (χ0v) is 16.1. The molecule has 28 heavy (non-hydrogen) atoms. The number of sulfonamides is 1. The standard InChI is InChI=1S/C17H16ClFN2O6S/c1-10(17(23)21-12-3-2-4-13(8-12)28(20,24)25)27-16(22)9-26-15-6-5-11(19)7-14(15)18/h2-8,10H,9H2,1H3,(H,21,23)(H2,20,24,25)/t10-/m1/s1. The first-order valence-corrected chi connectivity index (χ1v) is 9.70. The quantitative estimate of drug-likeness (QED) is 0.648. The maximum absolute atomic E-state index is 13.0. The maximum Gasteiger partial charge on any atom is 0.344 e. The Hall–Kier alpha value is -2.69. The Bertz CT molecular complexity index is 999. The number of amides is 1. The fourth-order valence-electron chi connectivity index (χ4n) is 2.01. The van der Waals surface area contributed by atoms with Gasteiger partial charge < -0.3 is 14.8 Å². The van der Waals surface area contributed by atoms with E-state index in [9.17, 15) is 22.4 Å². The Labute approximate surface area is 165 Å². The number of nitrogens with two attached hydrogens (primary N) is 1. The monoisotopic (exact) mass is 430 g/mol. The molecule has 0 unspecified atom stereocenters. The molecule has 0 saturated carbocycles. The van der Waals surface area contributed by atoms with Crippen molar-refractivity contribution in [3.8, 4) is 5.75 Å². The summed E-state index contributed by atoms with van der Waals surface area (Å²) >= 11 is 5.77. The zero-order chi connectivity index (χ0) is 20.9. The van der Waals surface area contributed by atoms with Gasteiger partial charge in [-0.15, -0.1) is 0 Å². The summed E-state index contributed by atoms with van der Waals surface area (Å²) in [6, 6.07) is 8.66. The summed E-state index contributed by atoms with van der Waals surface area (Å²) in [6.45, 7) is 0.769. The maximum atomic E-state index is 13.0. The number of halogens is 2. The van der Waals surface area contributed by atoms with E-state index in [1.807, 2.05) is 0 Å². The Morgan fingerprint density at radius 3 is 2.61 bits per heavy atom. The van der Waals surface area contributed by atoms with E-state index in [1.165, 1.54) is 37.3 Å². The first-order valence-electron chi connectivity index (χ1n) is 7.77. The molecule has 0 aliphatic rings. The summed E-state index contributed by atoms with van der Waals surface area (Å²) in [5, 5.41) is 7.42. The Kier molecular flexibility index (Phi) is 6.95. The SMILES string of the molecule is C[C@@H](OC(=O)COc1ccc(F)cc1Cl)C(=O)Nc1cccc(S(N)(=O)=O)c1. The van der Waals surface area contributed by atoms with E-state index < -0.39 is 40.4 Å². The second kappa shape index (κ2) is 9.00. The smallest absolute Gasteiger partial charge is 0.344 e. The van der Waals surface area contributed by atoms with Gasteiger partial charge in [-0.25, -0.2) is 22.7 Å². The molecule has 0 aliphatic heterocycles. The van der Waals surface area contributed by atoms with E-state index in [0.29, 0.717) is 0 Å². The van der Waals surface area contributed by atoms with Crippen LogP contribution in [0.5, 0.6) is 5.75 Å². The van der Waals surface area contributed by atoms with Crippen molar-refractivity contribution in [3.05, 3.63) is 53.3 Å². The Morgan fingerprint density at radius 2 is 1.96 bits per heavy atom. The molecule has 0 spiro atoms. The highest BCUT2D eigenvalue weighted by Crippen LogP contribution is 2.24. The van der Waals surface area contributed by atoms with Crippen LogP contribution in [0.1, 0.15) is 6.92 Å². The molecule has 0 bridgehead atoms. The number of primary sulfonamides is 1. The molecule has 2 aromatic rings. The predicted octanol–water partition coefficient (Wildman–Crippen LogP) is 2.08. The molecule has 0 saturated heterocycles. The third-order valence-electron chi connectivity index (χ3n) is 3.35. The van der Waals surface area contributed by atoms with E-state index in [2.05, 4.69) is 5.32 Å². The number of hydrogen-bond acceptors (Lipinski definition) is 6. The molecule has 0 aromatic heterocycles. The molecule has 1 atom stereocenters. The molecule has 0 fully saturated rings. The van der Waals surface area contributed by atoms with E-state index in [0.717, 1.165) is 12.1 Å². The molecule has 0 aliphatic carbocycles. The fourth-order valence-corrected chi connectivity index (χ4v) is 2.79. The van der Waals surface area contributed by atoms with E-state index >= 15 is 0 Å². The van der Waals surface area contributed by atoms with E-state index in [4.69, 9.17) is 26.2 Å². The van der Waals surface area contributed by atoms with Crippen LogP contribution in [-0.4, -0.2) is 33.0 Å². The molecule has 0 radical (unpaired) electrons. The molecule has 2 aromatic carbocycles. The number of ether oxygens (including phenoxy) is 2. The van der Waals surface area contributed by atoms with Gasteiger partial charge in [0.2, 0.25) is 10.0 Å². The van der Waals surface area contributed by atoms with Crippen LogP contribution in [0.3, 0.4) is 0 Å². The summed E-state index contributed by atoms with van der Waals surface area (Å²) in [4.78, 5) is 23.7. The van der Waals surface area contributed by atoms with E-state index in [-0.39, 0.29) is 21.4 Å². The summed E-state index contributed by atoms with van der Waals surface area (Å²) in [5.41, 5.74) is 0.161. The van der Waals surface area contributed by atoms with Gasteiger partial charge in [-0.2, -0.15) is 0 Å². The van der Waals surface area contributed by atoms with Crippen LogP contribution < -0.4 is 15.2 Å². The number of nitrogens with one attached hydrogen (secondary N) is 1. The second-order valence-electron chi connectivity index (χ2n) is 5.56. The molecule has 150 valence electrons. The van der Waals surface area contributed by atoms with Crippen molar-refractivity contribution in [2.75, 3.05) is 11.9 Å². The van der Waals surface area contributed by atoms with Crippen LogP contribution in [0.2, 0.25) is 5.02 Å². The summed E-state index contributed by atoms with van der Waals surface area (Å²) in [7, 11) is -3.93. The summed E-state index contributed by atoms with van der Waals surface area (Å²) in [6.07, 6.45) is -1.20. The number of benzene rings is 2. The van der Waals surface area contributed by atoms with Crippen molar-refractivity contribution in [3.63, 3.8) is 0 Å². The molecule has 3 N–H and O–H groups in total. The minimum Gasteiger partial charge on any atom is -0.480 e. The van der Waals surface area contributed by atoms with Crippen molar-refractivity contribution in [2.45, 2.75) is 17.9 Å². The van der Waals surface area contributed by atoms with Gasteiger partial charge in [0.1, 0.15) is 11.6 Å². The van der Waals surface area contributed by atoms with Crippen molar-refractivity contribution in [2.24, 2.45) is 5.14 Å². The minimum absolute atomic E-state index is 0.0201. The van der Waals surface area contributed by atoms with Gasteiger partial charge in [0.15, 0.2) is 12.7 Å². The highest BCUT2D eigenvalue weighted by molar-refractivity contribution is 7.89. The van der Waals surface area contributed by atoms with Crippen LogP contribution in [0.4, 0.5) is 10.1 Å². The molecule has 0 heterocycles. The van der Waals surface area contributed by atoms with Gasteiger partial charge >= 0.3 is 5.97 Å². The first kappa shape index (κ1) is 21.6. The molecule has 2 rings (SSSR count). The lowest BCUT2D eigenvalue weighted by molar-refractivity contribution is -0.155. The number of anilines is 1. The lowest BCUT2D eigenvalue weighted by Crippen LogP contribution is -2.31. The zero-order valence-electron chi connectivity index (χ0n) is 14.5. The van der Waals surface area contributed by atoms with Crippen LogP contribution >= 0.6 is 11.6 Å². The molecule has 8 nitrogen and oxygen atoms in total. The van der Waals surface area contributed by atoms with Gasteiger partial charge in [0, 0.05) is 5.69 Å². The normalized spacial score (nSPS) is 12.1. The number of carbonyl (C=O) groups is 2. The van der Waals surface area contributed by atoms with Crippen molar-refractivity contribution in [1.29, 1.82) is 0 Å². The molecular weight excluding hydrogens is 415 g/mol. The average Bonchev–Trinajstić information content (AvgIpc) is 2.60. The predicted molar refractivity (Wildman–Crippen MR) is 98.9 cm³/mol. The summed E-state index contributed by atoms with van der Waals surface area (Å²) in [5.74, 6) is -2.03. The average molecular weight is 431 g/mol. The van der Waals surface area contributed by atoms with Crippen molar-refractivity contribution < 1.29 is 31.9 Å². The van der Waals surface area contributed by atoms with Gasteiger partial charge in [-0.1, -0.05) is 17.7 Å². The first-order chi connectivity index (χ1) is 13.1. The van der Waals surface area contributed by atoms with Gasteiger partial charge in [0.25, 0.3) is 5.91 Å². The van der Waals surface area contributed by atoms with Gasteiger partial charge in [-0.05, 0) is 43.3 Å². The van der Waals surface area contributed by atoms with Crippen molar-refractivity contribution >= 4 is 39.2 Å². The van der Waals surface area contributed by atoms with Gasteiger partial charge in [0.05, 0.1) is 9.92 Å². The Morgan fingerprint density at radius 1 is 1.25 bits per heavy atom. The third kappa shape index (κ3) is 6.19. The molecule has 11 heteroatoms. The fraction of sp³-hybridized carbons (Fsp3) is 0.176. The third-order valence-corrected chi connectivity index (χ3v) is 4.55. The summed E-state index contributed by atoms with van der Waals surface area (Å²) < 4.78 is 45.7. The van der Waals surface area contributed by atoms with Crippen LogP contribution in [0, 0.1) is 5.82 Å². The van der Waals surface area contributed by atoms with Crippen LogP contribution in [-0.2, 0) is 24.3 Å². The lowest BCUT2D eigenvalue weighted by atomic mass is 10.3. The number of hydrogen-bond donors (Lipinski definition) is 2.